The Balaban J connectivity index is 2.18. The lowest BCUT2D eigenvalue weighted by atomic mass is 10.00. The van der Waals surface area contributed by atoms with Gasteiger partial charge < -0.3 is 9.47 Å². The fourth-order valence-corrected chi connectivity index (χ4v) is 3.24. The minimum Gasteiger partial charge on any atom is -0.476 e. The molecule has 2 rings (SSSR count). The first-order valence-corrected chi connectivity index (χ1v) is 11.1. The third-order valence-electron chi connectivity index (χ3n) is 5.02. The molecule has 0 aliphatic rings. The summed E-state index contributed by atoms with van der Waals surface area (Å²) in [7, 11) is 0. The van der Waals surface area contributed by atoms with Crippen LogP contribution in [0.3, 0.4) is 0 Å². The summed E-state index contributed by atoms with van der Waals surface area (Å²) in [5.41, 5.74) is 2.83. The summed E-state index contributed by atoms with van der Waals surface area (Å²) in [5, 5.41) is 0. The Bertz CT molecular complexity index is 980. The van der Waals surface area contributed by atoms with Crippen LogP contribution in [0.4, 0.5) is 0 Å². The van der Waals surface area contributed by atoms with Crippen molar-refractivity contribution in [3.8, 4) is 5.75 Å². The molecule has 0 saturated carbocycles. The van der Waals surface area contributed by atoms with Crippen molar-refractivity contribution in [2.75, 3.05) is 0 Å². The molecule has 0 fully saturated rings. The summed E-state index contributed by atoms with van der Waals surface area (Å²) in [5.74, 6) is 0.624. The second-order valence-corrected chi connectivity index (χ2v) is 10.1. The molecule has 4 heteroatoms. The number of hydrogen-bond acceptors (Lipinski definition) is 4. The molecule has 0 spiro atoms. The highest BCUT2D eigenvalue weighted by Gasteiger charge is 2.35. The van der Waals surface area contributed by atoms with Crippen LogP contribution >= 0.6 is 0 Å². The van der Waals surface area contributed by atoms with E-state index in [-0.39, 0.29) is 5.78 Å². The van der Waals surface area contributed by atoms with Crippen molar-refractivity contribution in [3.05, 3.63) is 70.3 Å². The molecule has 0 saturated heterocycles. The lowest BCUT2D eigenvalue weighted by Gasteiger charge is -2.30. The zero-order chi connectivity index (χ0) is 24.3. The van der Waals surface area contributed by atoms with Crippen LogP contribution in [0.15, 0.2) is 42.5 Å². The fraction of sp³-hybridized carbons (Fsp3) is 0.429. The lowest BCUT2D eigenvalue weighted by Crippen LogP contribution is -2.43. The zero-order valence-corrected chi connectivity index (χ0v) is 20.8. The Kier molecular flexibility index (Phi) is 7.71. The van der Waals surface area contributed by atoms with Crippen LogP contribution in [0.25, 0.3) is 6.08 Å². The molecule has 0 aromatic heterocycles. The average molecular weight is 437 g/mol. The maximum Gasteiger partial charge on any atom is 0.350 e. The minimum absolute atomic E-state index is 0.0398. The van der Waals surface area contributed by atoms with E-state index in [1.807, 2.05) is 77.1 Å². The van der Waals surface area contributed by atoms with Gasteiger partial charge >= 0.3 is 5.97 Å². The van der Waals surface area contributed by atoms with Gasteiger partial charge in [0.05, 0.1) is 0 Å². The van der Waals surface area contributed by atoms with Gasteiger partial charge in [0.25, 0.3) is 0 Å². The highest BCUT2D eigenvalue weighted by molar-refractivity contribution is 6.06. The summed E-state index contributed by atoms with van der Waals surface area (Å²) in [6.07, 6.45) is 3.39. The van der Waals surface area contributed by atoms with Crippen LogP contribution in [-0.4, -0.2) is 23.0 Å². The number of benzene rings is 2. The van der Waals surface area contributed by atoms with Gasteiger partial charge in [0.2, 0.25) is 0 Å². The zero-order valence-electron chi connectivity index (χ0n) is 20.8. The van der Waals surface area contributed by atoms with Gasteiger partial charge in [-0.2, -0.15) is 0 Å². The number of aryl methyl sites for hydroxylation is 2. The van der Waals surface area contributed by atoms with Crippen LogP contribution in [0.2, 0.25) is 0 Å². The van der Waals surface area contributed by atoms with Gasteiger partial charge in [-0.3, -0.25) is 4.79 Å². The predicted molar refractivity (Wildman–Crippen MR) is 130 cm³/mol. The molecule has 32 heavy (non-hydrogen) atoms. The highest BCUT2D eigenvalue weighted by Crippen LogP contribution is 2.30. The largest absolute Gasteiger partial charge is 0.476 e. The molecule has 172 valence electrons. The summed E-state index contributed by atoms with van der Waals surface area (Å²) in [4.78, 5) is 25.1. The maximum atomic E-state index is 12.5. The summed E-state index contributed by atoms with van der Waals surface area (Å²) < 4.78 is 11.6. The van der Waals surface area contributed by atoms with Crippen LogP contribution < -0.4 is 4.74 Å². The van der Waals surface area contributed by atoms with E-state index in [9.17, 15) is 9.59 Å². The van der Waals surface area contributed by atoms with Gasteiger partial charge in [-0.25, -0.2) is 4.79 Å². The molecule has 2 aromatic carbocycles. The molecule has 0 N–H and O–H groups in total. The van der Waals surface area contributed by atoms with E-state index in [0.29, 0.717) is 17.2 Å². The average Bonchev–Trinajstić information content (AvgIpc) is 2.67. The first-order valence-electron chi connectivity index (χ1n) is 11.1. The van der Waals surface area contributed by atoms with Gasteiger partial charge in [0, 0.05) is 5.56 Å². The maximum absolute atomic E-state index is 12.5. The molecule has 0 bridgehead atoms. The molecule has 0 aliphatic carbocycles. The number of allylic oxidation sites excluding steroid dienone is 1. The monoisotopic (exact) mass is 436 g/mol. The third-order valence-corrected chi connectivity index (χ3v) is 5.02. The normalized spacial score (nSPS) is 12.3. The van der Waals surface area contributed by atoms with Crippen molar-refractivity contribution < 1.29 is 19.1 Å². The van der Waals surface area contributed by atoms with Crippen molar-refractivity contribution in [1.29, 1.82) is 0 Å². The molecule has 0 amide bonds. The standard InChI is InChI=1S/C28H36O4/c1-18(2)22-11-13-23(14-12-22)24(29)15-10-21-16-19(3)25(20(4)17-21)31-28(8,9)26(30)32-27(5,6)7/h10-18H,1-9H3. The summed E-state index contributed by atoms with van der Waals surface area (Å²) in [6.45, 7) is 17.0. The van der Waals surface area contributed by atoms with Crippen molar-refractivity contribution in [2.24, 2.45) is 0 Å². The smallest absolute Gasteiger partial charge is 0.350 e. The molecular formula is C28H36O4. The molecule has 0 radical (unpaired) electrons. The minimum atomic E-state index is -1.13. The second kappa shape index (κ2) is 9.72. The van der Waals surface area contributed by atoms with Crippen molar-refractivity contribution >= 4 is 17.8 Å². The van der Waals surface area contributed by atoms with E-state index in [1.165, 1.54) is 5.56 Å². The molecule has 2 aromatic rings. The number of esters is 1. The lowest BCUT2D eigenvalue weighted by molar-refractivity contribution is -0.171. The van der Waals surface area contributed by atoms with Gasteiger partial charge in [-0.05, 0) is 94.8 Å². The third kappa shape index (κ3) is 6.81. The first-order chi connectivity index (χ1) is 14.7. The van der Waals surface area contributed by atoms with Crippen LogP contribution in [-0.2, 0) is 9.53 Å². The SMILES string of the molecule is Cc1cc(C=CC(=O)c2ccc(C(C)C)cc2)cc(C)c1OC(C)(C)C(=O)OC(C)(C)C. The van der Waals surface area contributed by atoms with Gasteiger partial charge in [-0.1, -0.05) is 44.2 Å². The Morgan fingerprint density at radius 2 is 1.44 bits per heavy atom. The quantitative estimate of drug-likeness (QED) is 0.271. The number of carbonyl (C=O) groups excluding carboxylic acids is 2. The number of ketones is 1. The van der Waals surface area contributed by atoms with Crippen molar-refractivity contribution in [3.63, 3.8) is 0 Å². The molecule has 4 nitrogen and oxygen atoms in total. The van der Waals surface area contributed by atoms with Crippen LogP contribution in [0.1, 0.15) is 87.0 Å². The van der Waals surface area contributed by atoms with Crippen LogP contribution in [0.5, 0.6) is 5.75 Å². The number of hydrogen-bond donors (Lipinski definition) is 0. The first kappa shape index (κ1) is 25.4. The highest BCUT2D eigenvalue weighted by atomic mass is 16.6. The number of ether oxygens (including phenoxy) is 2. The second-order valence-electron chi connectivity index (χ2n) is 10.1. The van der Waals surface area contributed by atoms with Gasteiger partial charge in [-0.15, -0.1) is 0 Å². The fourth-order valence-electron chi connectivity index (χ4n) is 3.24. The van der Waals surface area contributed by atoms with Crippen molar-refractivity contribution in [2.45, 2.75) is 79.4 Å². The van der Waals surface area contributed by atoms with E-state index in [2.05, 4.69) is 13.8 Å². The Morgan fingerprint density at radius 1 is 0.906 bits per heavy atom. The summed E-state index contributed by atoms with van der Waals surface area (Å²) >= 11 is 0. The van der Waals surface area contributed by atoms with Crippen molar-refractivity contribution in [1.82, 2.24) is 0 Å². The molecule has 0 unspecified atom stereocenters. The predicted octanol–water partition coefficient (Wildman–Crippen LogP) is 6.82. The topological polar surface area (TPSA) is 52.6 Å². The van der Waals surface area contributed by atoms with E-state index < -0.39 is 17.2 Å². The van der Waals surface area contributed by atoms with Gasteiger partial charge in [0.1, 0.15) is 11.4 Å². The molecule has 0 atom stereocenters. The van der Waals surface area contributed by atoms with Crippen LogP contribution in [0, 0.1) is 13.8 Å². The molecule has 0 heterocycles. The summed E-state index contributed by atoms with van der Waals surface area (Å²) in [6, 6.07) is 11.6. The van der Waals surface area contributed by atoms with E-state index in [4.69, 9.17) is 9.47 Å². The number of rotatable bonds is 7. The van der Waals surface area contributed by atoms with E-state index in [1.54, 1.807) is 19.9 Å². The molecule has 0 aliphatic heterocycles. The van der Waals surface area contributed by atoms with E-state index in [0.717, 1.165) is 16.7 Å². The van der Waals surface area contributed by atoms with Gasteiger partial charge in [0.15, 0.2) is 11.4 Å². The van der Waals surface area contributed by atoms with E-state index >= 15 is 0 Å². The Labute approximate surface area is 192 Å². The Morgan fingerprint density at radius 3 is 1.91 bits per heavy atom. The number of carbonyl (C=O) groups is 2. The Hall–Kier alpha value is -2.88. The molecular weight excluding hydrogens is 400 g/mol.